The number of benzene rings is 1. The number of fused-ring (bicyclic) bond motifs is 2. The highest BCUT2D eigenvalue weighted by Gasteiger charge is 2.30. The minimum Gasteiger partial charge on any atom is -0.454 e. The van der Waals surface area contributed by atoms with Crippen molar-refractivity contribution in [3.63, 3.8) is 0 Å². The molecule has 0 fully saturated rings. The molecule has 168 valence electrons. The van der Waals surface area contributed by atoms with E-state index in [-0.39, 0.29) is 23.4 Å². The van der Waals surface area contributed by atoms with Gasteiger partial charge < -0.3 is 14.8 Å². The highest BCUT2D eigenvalue weighted by Crippen LogP contribution is 2.39. The highest BCUT2D eigenvalue weighted by molar-refractivity contribution is 8.00. The summed E-state index contributed by atoms with van der Waals surface area (Å²) in [6, 6.07) is 9.64. The number of nitrogens with one attached hydrogen (secondary N) is 1. The van der Waals surface area contributed by atoms with Gasteiger partial charge in [0.15, 0.2) is 11.5 Å². The predicted octanol–water partition coefficient (Wildman–Crippen LogP) is 5.34. The molecular formula is C25H29N3O3S. The first kappa shape index (κ1) is 22.5. The van der Waals surface area contributed by atoms with Crippen molar-refractivity contribution in [2.45, 2.75) is 63.7 Å². The Hall–Kier alpha value is -2.72. The standard InChI is InChI=1S/C25H29N3O3S/c1-5-22(23(29)27-18-7-9-20-21(12-18)31-14-30-20)32-24-16(13-26)10-15-11-17(25(2,3)4)6-8-19(15)28-24/h7,9-10,12,17,22H,5-6,8,11,14H2,1-4H3,(H,27,29). The second-order valence-electron chi connectivity index (χ2n) is 9.44. The molecule has 1 N–H and O–H groups in total. The van der Waals surface area contributed by atoms with Crippen molar-refractivity contribution in [3.8, 4) is 17.6 Å². The number of carbonyl (C=O) groups is 1. The Morgan fingerprint density at radius 1 is 1.31 bits per heavy atom. The molecule has 0 bridgehead atoms. The fourth-order valence-electron chi connectivity index (χ4n) is 4.21. The summed E-state index contributed by atoms with van der Waals surface area (Å²) in [6.45, 7) is 8.98. The van der Waals surface area contributed by atoms with Gasteiger partial charge in [0.05, 0.1) is 10.8 Å². The summed E-state index contributed by atoms with van der Waals surface area (Å²) in [4.78, 5) is 17.8. The summed E-state index contributed by atoms with van der Waals surface area (Å²) in [6.07, 6.45) is 3.59. The van der Waals surface area contributed by atoms with E-state index in [1.54, 1.807) is 18.2 Å². The van der Waals surface area contributed by atoms with Crippen LogP contribution in [-0.4, -0.2) is 22.9 Å². The van der Waals surface area contributed by atoms with Crippen LogP contribution in [0.2, 0.25) is 0 Å². The number of nitrogens with zero attached hydrogens (tertiary/aromatic N) is 2. The molecule has 0 saturated carbocycles. The lowest BCUT2D eigenvalue weighted by molar-refractivity contribution is -0.115. The van der Waals surface area contributed by atoms with Crippen molar-refractivity contribution in [2.75, 3.05) is 12.1 Å². The molecule has 1 aromatic carbocycles. The van der Waals surface area contributed by atoms with Gasteiger partial charge in [-0.15, -0.1) is 0 Å². The Bertz CT molecular complexity index is 1070. The van der Waals surface area contributed by atoms with Crippen LogP contribution < -0.4 is 14.8 Å². The molecule has 1 aliphatic heterocycles. The summed E-state index contributed by atoms with van der Waals surface area (Å²) in [5.74, 6) is 1.76. The summed E-state index contributed by atoms with van der Waals surface area (Å²) < 4.78 is 10.7. The van der Waals surface area contributed by atoms with E-state index in [4.69, 9.17) is 14.5 Å². The van der Waals surface area contributed by atoms with Crippen LogP contribution in [0.4, 0.5) is 5.69 Å². The zero-order valence-electron chi connectivity index (χ0n) is 19.0. The molecule has 0 spiro atoms. The lowest BCUT2D eigenvalue weighted by atomic mass is 9.71. The molecule has 1 aliphatic carbocycles. The second-order valence-corrected chi connectivity index (χ2v) is 10.6. The maximum absolute atomic E-state index is 13.0. The highest BCUT2D eigenvalue weighted by atomic mass is 32.2. The molecule has 32 heavy (non-hydrogen) atoms. The van der Waals surface area contributed by atoms with Gasteiger partial charge in [-0.05, 0) is 60.8 Å². The van der Waals surface area contributed by atoms with Gasteiger partial charge >= 0.3 is 0 Å². The average molecular weight is 452 g/mol. The number of pyridine rings is 1. The zero-order valence-corrected chi connectivity index (χ0v) is 19.8. The molecule has 2 heterocycles. The molecule has 0 radical (unpaired) electrons. The predicted molar refractivity (Wildman–Crippen MR) is 125 cm³/mol. The van der Waals surface area contributed by atoms with Crippen molar-refractivity contribution < 1.29 is 14.3 Å². The number of carbonyl (C=O) groups excluding carboxylic acids is 1. The van der Waals surface area contributed by atoms with Gasteiger partial charge in [0.2, 0.25) is 12.7 Å². The molecule has 2 atom stereocenters. The quantitative estimate of drug-likeness (QED) is 0.618. The molecule has 6 nitrogen and oxygen atoms in total. The summed E-state index contributed by atoms with van der Waals surface area (Å²) in [5.41, 5.74) is 3.69. The SMILES string of the molecule is CCC(Sc1nc2c(cc1C#N)CC(C(C)(C)C)CC2)C(=O)Nc1ccc2c(c1)OCO2. The van der Waals surface area contributed by atoms with Crippen LogP contribution >= 0.6 is 11.8 Å². The van der Waals surface area contributed by atoms with Crippen molar-refractivity contribution in [1.29, 1.82) is 5.26 Å². The summed E-state index contributed by atoms with van der Waals surface area (Å²) in [7, 11) is 0. The Morgan fingerprint density at radius 2 is 2.09 bits per heavy atom. The van der Waals surface area contributed by atoms with Gasteiger partial charge in [0.25, 0.3) is 0 Å². The molecule has 0 saturated heterocycles. The largest absolute Gasteiger partial charge is 0.454 e. The smallest absolute Gasteiger partial charge is 0.237 e. The fourth-order valence-corrected chi connectivity index (χ4v) is 5.21. The number of hydrogen-bond acceptors (Lipinski definition) is 6. The Morgan fingerprint density at radius 3 is 2.81 bits per heavy atom. The molecule has 2 unspecified atom stereocenters. The van der Waals surface area contributed by atoms with Crippen LogP contribution in [0, 0.1) is 22.7 Å². The van der Waals surface area contributed by atoms with Crippen LogP contribution in [0.15, 0.2) is 29.3 Å². The van der Waals surface area contributed by atoms with E-state index in [0.29, 0.717) is 40.1 Å². The maximum atomic E-state index is 13.0. The van der Waals surface area contributed by atoms with Crippen molar-refractivity contribution in [3.05, 3.63) is 41.1 Å². The number of ether oxygens (including phenoxy) is 2. The molecule has 1 aromatic heterocycles. The number of anilines is 1. The van der Waals surface area contributed by atoms with Gasteiger partial charge in [0.1, 0.15) is 11.1 Å². The summed E-state index contributed by atoms with van der Waals surface area (Å²) in [5, 5.41) is 13.0. The van der Waals surface area contributed by atoms with Crippen LogP contribution in [0.5, 0.6) is 11.5 Å². The molecule has 2 aromatic rings. The van der Waals surface area contributed by atoms with Crippen molar-refractivity contribution >= 4 is 23.4 Å². The minimum atomic E-state index is -0.357. The maximum Gasteiger partial charge on any atom is 0.237 e. The molecule has 2 aliphatic rings. The fraction of sp³-hybridized carbons (Fsp3) is 0.480. The van der Waals surface area contributed by atoms with E-state index in [9.17, 15) is 10.1 Å². The van der Waals surface area contributed by atoms with E-state index in [0.717, 1.165) is 25.0 Å². The van der Waals surface area contributed by atoms with E-state index in [1.807, 2.05) is 13.0 Å². The van der Waals surface area contributed by atoms with E-state index >= 15 is 0 Å². The second kappa shape index (κ2) is 9.03. The van der Waals surface area contributed by atoms with Crippen LogP contribution in [0.1, 0.15) is 57.4 Å². The van der Waals surface area contributed by atoms with E-state index in [1.165, 1.54) is 17.3 Å². The minimum absolute atomic E-state index is 0.118. The van der Waals surface area contributed by atoms with Gasteiger partial charge in [-0.25, -0.2) is 4.98 Å². The third-order valence-electron chi connectivity index (χ3n) is 6.25. The number of thioether (sulfide) groups is 1. The number of nitriles is 1. The lowest BCUT2D eigenvalue weighted by Crippen LogP contribution is -2.28. The molecular weight excluding hydrogens is 422 g/mol. The Labute approximate surface area is 193 Å². The molecule has 4 rings (SSSR count). The Kier molecular flexibility index (Phi) is 6.34. The number of hydrogen-bond donors (Lipinski definition) is 1. The third-order valence-corrected chi connectivity index (χ3v) is 7.62. The summed E-state index contributed by atoms with van der Waals surface area (Å²) >= 11 is 1.37. The first-order valence-corrected chi connectivity index (χ1v) is 12.0. The van der Waals surface area contributed by atoms with Crippen molar-refractivity contribution in [1.82, 2.24) is 4.98 Å². The Balaban J connectivity index is 1.50. The monoisotopic (exact) mass is 451 g/mol. The zero-order chi connectivity index (χ0) is 22.9. The van der Waals surface area contributed by atoms with E-state index in [2.05, 4.69) is 32.2 Å². The van der Waals surface area contributed by atoms with E-state index < -0.39 is 0 Å². The van der Waals surface area contributed by atoms with Gasteiger partial charge in [-0.1, -0.05) is 39.5 Å². The average Bonchev–Trinajstić information content (AvgIpc) is 3.23. The first-order chi connectivity index (χ1) is 15.3. The normalized spacial score (nSPS) is 17.9. The third kappa shape index (κ3) is 4.71. The number of aromatic nitrogens is 1. The molecule has 1 amide bonds. The van der Waals surface area contributed by atoms with Gasteiger partial charge in [-0.2, -0.15) is 5.26 Å². The first-order valence-electron chi connectivity index (χ1n) is 11.1. The number of amides is 1. The molecule has 7 heteroatoms. The van der Waals surface area contributed by atoms with Gasteiger partial charge in [-0.3, -0.25) is 4.79 Å². The number of rotatable bonds is 5. The lowest BCUT2D eigenvalue weighted by Gasteiger charge is -2.34. The number of aryl methyl sites for hydroxylation is 1. The van der Waals surface area contributed by atoms with Crippen LogP contribution in [0.25, 0.3) is 0 Å². The van der Waals surface area contributed by atoms with Crippen LogP contribution in [0.3, 0.4) is 0 Å². The van der Waals surface area contributed by atoms with Crippen molar-refractivity contribution in [2.24, 2.45) is 11.3 Å². The van der Waals surface area contributed by atoms with Gasteiger partial charge in [0, 0.05) is 17.4 Å². The topological polar surface area (TPSA) is 84.2 Å². The van der Waals surface area contributed by atoms with Crippen LogP contribution in [-0.2, 0) is 17.6 Å².